The second-order valence-electron chi connectivity index (χ2n) is 5.60. The fraction of sp³-hybridized carbons (Fsp3) is 0.235. The average molecular weight is 345 g/mol. The fourth-order valence-electron chi connectivity index (χ4n) is 2.95. The van der Waals surface area contributed by atoms with Gasteiger partial charge in [0.2, 0.25) is 0 Å². The van der Waals surface area contributed by atoms with Crippen molar-refractivity contribution in [3.8, 4) is 11.4 Å². The van der Waals surface area contributed by atoms with Gasteiger partial charge in [-0.1, -0.05) is 17.7 Å². The van der Waals surface area contributed by atoms with Gasteiger partial charge in [-0.15, -0.1) is 0 Å². The molecular weight excluding hydrogens is 328 g/mol. The lowest BCUT2D eigenvalue weighted by atomic mass is 10.1. The molecule has 0 atom stereocenters. The number of hydrogen-bond donors (Lipinski definition) is 1. The summed E-state index contributed by atoms with van der Waals surface area (Å²) in [4.78, 5) is 20.5. The summed E-state index contributed by atoms with van der Waals surface area (Å²) in [6.07, 6.45) is 1.65. The topological polar surface area (TPSA) is 83.0 Å². The van der Waals surface area contributed by atoms with Gasteiger partial charge in [-0.25, -0.2) is 9.97 Å². The summed E-state index contributed by atoms with van der Waals surface area (Å²) in [5.41, 5.74) is 9.16. The highest BCUT2D eigenvalue weighted by Crippen LogP contribution is 2.33. The summed E-state index contributed by atoms with van der Waals surface area (Å²) < 4.78 is 7.23. The lowest BCUT2D eigenvalue weighted by Crippen LogP contribution is -2.10. The predicted molar refractivity (Wildman–Crippen MR) is 93.2 cm³/mol. The molecule has 2 heterocycles. The number of benzene rings is 1. The van der Waals surface area contributed by atoms with Crippen LogP contribution in [0.5, 0.6) is 5.75 Å². The van der Waals surface area contributed by atoms with Crippen LogP contribution in [0.25, 0.3) is 16.7 Å². The SMILES string of the molecule is COc1ccc(C)c(-n2cc(C(N)=O)c3c(Cl)nc(C)nc32)c1C. The van der Waals surface area contributed by atoms with Gasteiger partial charge in [-0.2, -0.15) is 0 Å². The van der Waals surface area contributed by atoms with E-state index in [1.807, 2.05) is 30.5 Å². The van der Waals surface area contributed by atoms with Crippen LogP contribution in [0.2, 0.25) is 5.15 Å². The second kappa shape index (κ2) is 5.79. The first kappa shape index (κ1) is 16.3. The molecule has 0 bridgehead atoms. The van der Waals surface area contributed by atoms with Crippen LogP contribution in [-0.4, -0.2) is 27.6 Å². The highest BCUT2D eigenvalue weighted by atomic mass is 35.5. The van der Waals surface area contributed by atoms with Gasteiger partial charge in [0, 0.05) is 11.8 Å². The van der Waals surface area contributed by atoms with Crippen molar-refractivity contribution in [2.45, 2.75) is 20.8 Å². The average Bonchev–Trinajstić information content (AvgIpc) is 2.87. The Bertz CT molecular complexity index is 979. The van der Waals surface area contributed by atoms with Gasteiger partial charge in [0.1, 0.15) is 16.7 Å². The molecule has 0 aliphatic carbocycles. The molecule has 2 aromatic heterocycles. The van der Waals surface area contributed by atoms with Gasteiger partial charge in [-0.3, -0.25) is 9.36 Å². The smallest absolute Gasteiger partial charge is 0.251 e. The normalized spacial score (nSPS) is 11.0. The highest BCUT2D eigenvalue weighted by Gasteiger charge is 2.21. The van der Waals surface area contributed by atoms with Gasteiger partial charge >= 0.3 is 0 Å². The number of carbonyl (C=O) groups is 1. The van der Waals surface area contributed by atoms with Crippen LogP contribution in [0, 0.1) is 20.8 Å². The van der Waals surface area contributed by atoms with E-state index in [0.717, 1.165) is 22.6 Å². The molecule has 0 fully saturated rings. The van der Waals surface area contributed by atoms with Crippen LogP contribution in [0.1, 0.15) is 27.3 Å². The van der Waals surface area contributed by atoms with Crippen molar-refractivity contribution in [3.05, 3.63) is 46.0 Å². The Morgan fingerprint density at radius 3 is 2.58 bits per heavy atom. The quantitative estimate of drug-likeness (QED) is 0.740. The molecule has 24 heavy (non-hydrogen) atoms. The van der Waals surface area contributed by atoms with E-state index in [0.29, 0.717) is 16.9 Å². The van der Waals surface area contributed by atoms with Crippen LogP contribution >= 0.6 is 11.6 Å². The number of nitrogens with two attached hydrogens (primary N) is 1. The highest BCUT2D eigenvalue weighted by molar-refractivity contribution is 6.35. The molecule has 0 unspecified atom stereocenters. The molecule has 0 saturated heterocycles. The fourth-order valence-corrected chi connectivity index (χ4v) is 3.26. The number of aromatic nitrogens is 3. The zero-order chi connectivity index (χ0) is 17.6. The van der Waals surface area contributed by atoms with E-state index < -0.39 is 5.91 Å². The van der Waals surface area contributed by atoms with E-state index in [9.17, 15) is 4.79 Å². The van der Waals surface area contributed by atoms with Crippen molar-refractivity contribution in [2.24, 2.45) is 5.73 Å². The second-order valence-corrected chi connectivity index (χ2v) is 5.95. The zero-order valence-corrected chi connectivity index (χ0v) is 14.6. The number of carbonyl (C=O) groups excluding carboxylic acids is 1. The monoisotopic (exact) mass is 344 g/mol. The molecule has 7 heteroatoms. The Morgan fingerprint density at radius 1 is 1.25 bits per heavy atom. The number of rotatable bonds is 3. The molecule has 0 radical (unpaired) electrons. The summed E-state index contributed by atoms with van der Waals surface area (Å²) in [6, 6.07) is 3.86. The molecule has 3 aromatic rings. The molecule has 0 spiro atoms. The summed E-state index contributed by atoms with van der Waals surface area (Å²) in [5, 5.41) is 0.666. The Labute approximate surface area is 144 Å². The number of methoxy groups -OCH3 is 1. The molecule has 1 aromatic carbocycles. The Morgan fingerprint density at radius 2 is 1.96 bits per heavy atom. The predicted octanol–water partition coefficient (Wildman–Crippen LogP) is 3.11. The maximum Gasteiger partial charge on any atom is 0.251 e. The molecule has 6 nitrogen and oxygen atoms in total. The third-order valence-corrected chi connectivity index (χ3v) is 4.30. The van der Waals surface area contributed by atoms with Gasteiger partial charge < -0.3 is 10.5 Å². The minimum atomic E-state index is -0.577. The number of amides is 1. The number of ether oxygens (including phenoxy) is 1. The van der Waals surface area contributed by atoms with Crippen molar-refractivity contribution in [2.75, 3.05) is 7.11 Å². The standard InChI is InChI=1S/C17H17ClN4O2/c1-8-5-6-12(24-4)9(2)14(8)22-7-11(16(19)23)13-15(18)20-10(3)21-17(13)22/h5-7H,1-4H3,(H2,19,23). The third-order valence-electron chi connectivity index (χ3n) is 4.02. The number of aryl methyl sites for hydroxylation is 2. The zero-order valence-electron chi connectivity index (χ0n) is 13.8. The van der Waals surface area contributed by atoms with Gasteiger partial charge in [0.05, 0.1) is 23.7 Å². The van der Waals surface area contributed by atoms with Gasteiger partial charge in [-0.05, 0) is 32.4 Å². The number of nitrogens with zero attached hydrogens (tertiary/aromatic N) is 3. The maximum absolute atomic E-state index is 11.9. The number of halogens is 1. The third kappa shape index (κ3) is 2.39. The summed E-state index contributed by atoms with van der Waals surface area (Å²) in [6.45, 7) is 5.68. The van der Waals surface area contributed by atoms with Crippen LogP contribution in [-0.2, 0) is 0 Å². The van der Waals surface area contributed by atoms with E-state index in [-0.39, 0.29) is 10.7 Å². The largest absolute Gasteiger partial charge is 0.496 e. The van der Waals surface area contributed by atoms with Crippen molar-refractivity contribution >= 4 is 28.5 Å². The molecule has 3 rings (SSSR count). The van der Waals surface area contributed by atoms with E-state index in [1.54, 1.807) is 20.2 Å². The first-order valence-corrected chi connectivity index (χ1v) is 7.72. The molecule has 1 amide bonds. The summed E-state index contributed by atoms with van der Waals surface area (Å²) in [5.74, 6) is 0.683. The van der Waals surface area contributed by atoms with Crippen LogP contribution in [0.15, 0.2) is 18.3 Å². The Hall–Kier alpha value is -2.60. The molecule has 124 valence electrons. The first-order chi connectivity index (χ1) is 11.3. The lowest BCUT2D eigenvalue weighted by molar-refractivity contribution is 0.100. The first-order valence-electron chi connectivity index (χ1n) is 7.34. The number of hydrogen-bond acceptors (Lipinski definition) is 4. The molecule has 0 aliphatic rings. The van der Waals surface area contributed by atoms with Crippen LogP contribution in [0.4, 0.5) is 0 Å². The molecule has 0 aliphatic heterocycles. The Kier molecular flexibility index (Phi) is 3.93. The van der Waals surface area contributed by atoms with E-state index in [4.69, 9.17) is 22.1 Å². The van der Waals surface area contributed by atoms with Gasteiger partial charge in [0.25, 0.3) is 5.91 Å². The van der Waals surface area contributed by atoms with Crippen molar-refractivity contribution in [3.63, 3.8) is 0 Å². The Balaban J connectivity index is 2.46. The van der Waals surface area contributed by atoms with E-state index in [1.165, 1.54) is 0 Å². The molecule has 0 saturated carbocycles. The van der Waals surface area contributed by atoms with Crippen molar-refractivity contribution in [1.29, 1.82) is 0 Å². The van der Waals surface area contributed by atoms with E-state index in [2.05, 4.69) is 9.97 Å². The maximum atomic E-state index is 11.9. The van der Waals surface area contributed by atoms with Crippen LogP contribution in [0.3, 0.4) is 0 Å². The summed E-state index contributed by atoms with van der Waals surface area (Å²) >= 11 is 6.25. The molecular formula is C17H17ClN4O2. The van der Waals surface area contributed by atoms with E-state index >= 15 is 0 Å². The number of fused-ring (bicyclic) bond motifs is 1. The van der Waals surface area contributed by atoms with Crippen molar-refractivity contribution < 1.29 is 9.53 Å². The lowest BCUT2D eigenvalue weighted by Gasteiger charge is -2.15. The summed E-state index contributed by atoms with van der Waals surface area (Å²) in [7, 11) is 1.62. The minimum absolute atomic E-state index is 0.211. The van der Waals surface area contributed by atoms with Crippen molar-refractivity contribution in [1.82, 2.24) is 14.5 Å². The number of primary amides is 1. The molecule has 2 N–H and O–H groups in total. The van der Waals surface area contributed by atoms with Gasteiger partial charge in [0.15, 0.2) is 5.65 Å². The van der Waals surface area contributed by atoms with Crippen LogP contribution < -0.4 is 10.5 Å². The minimum Gasteiger partial charge on any atom is -0.496 e.